The fourth-order valence-corrected chi connectivity index (χ4v) is 5.00. The Morgan fingerprint density at radius 3 is 2.41 bits per heavy atom. The van der Waals surface area contributed by atoms with Crippen molar-refractivity contribution in [3.8, 4) is 5.88 Å². The molecule has 0 atom stereocenters. The number of nitro groups is 1. The van der Waals surface area contributed by atoms with Gasteiger partial charge in [0.05, 0.1) is 21.9 Å². The number of hydrogen-bond acceptors (Lipinski definition) is 6. The Labute approximate surface area is 226 Å². The molecule has 0 unspecified atom stereocenters. The van der Waals surface area contributed by atoms with Gasteiger partial charge in [0, 0.05) is 48.6 Å². The van der Waals surface area contributed by atoms with Gasteiger partial charge in [0.25, 0.3) is 5.69 Å². The van der Waals surface area contributed by atoms with E-state index in [2.05, 4.69) is 27.3 Å². The number of carbonyl (C=O) groups excluding carboxylic acids is 1. The number of nitro benzene ring substituents is 1. The summed E-state index contributed by atoms with van der Waals surface area (Å²) in [7, 11) is 0. The van der Waals surface area contributed by atoms with Crippen molar-refractivity contribution in [3.05, 3.63) is 99.1 Å². The number of nitrogens with zero attached hydrogens (tertiary/aromatic N) is 3. The number of non-ortho nitro benzene ring substituents is 1. The maximum Gasteiger partial charge on any atom is 0.270 e. The summed E-state index contributed by atoms with van der Waals surface area (Å²) in [5.41, 5.74) is 5.13. The van der Waals surface area contributed by atoms with E-state index in [0.717, 1.165) is 30.8 Å². The summed E-state index contributed by atoms with van der Waals surface area (Å²) in [5, 5.41) is 25.7. The lowest BCUT2D eigenvalue weighted by molar-refractivity contribution is -0.384. The van der Waals surface area contributed by atoms with Gasteiger partial charge in [-0.25, -0.2) is 4.99 Å². The predicted octanol–water partition coefficient (Wildman–Crippen LogP) is 5.23. The summed E-state index contributed by atoms with van der Waals surface area (Å²) >= 11 is 0. The van der Waals surface area contributed by atoms with E-state index in [1.54, 1.807) is 6.07 Å². The van der Waals surface area contributed by atoms with Crippen molar-refractivity contribution in [1.82, 2.24) is 15.2 Å². The third-order valence-corrected chi connectivity index (χ3v) is 7.01. The monoisotopic (exact) mass is 525 g/mol. The van der Waals surface area contributed by atoms with Crippen LogP contribution in [0.15, 0.2) is 71.7 Å². The van der Waals surface area contributed by atoms with Gasteiger partial charge in [-0.1, -0.05) is 36.4 Å². The van der Waals surface area contributed by atoms with Gasteiger partial charge >= 0.3 is 0 Å². The first-order valence-electron chi connectivity index (χ1n) is 13.1. The number of aliphatic imine (C=N–C) groups is 1. The summed E-state index contributed by atoms with van der Waals surface area (Å²) < 4.78 is 0. The average Bonchev–Trinajstić information content (AvgIpc) is 3.55. The van der Waals surface area contributed by atoms with Gasteiger partial charge in [0.2, 0.25) is 5.91 Å². The van der Waals surface area contributed by atoms with Crippen LogP contribution in [0.25, 0.3) is 10.9 Å². The number of likely N-dealkylation sites (tertiary alicyclic amines) is 1. The highest BCUT2D eigenvalue weighted by Gasteiger charge is 2.21. The minimum absolute atomic E-state index is 0.0679. The maximum absolute atomic E-state index is 11.5. The smallest absolute Gasteiger partial charge is 0.270 e. The van der Waals surface area contributed by atoms with Gasteiger partial charge < -0.3 is 15.4 Å². The molecule has 0 radical (unpaired) electrons. The SMILES string of the molecule is CC(=O)NCCc1ccc(C(=Nc2ccc(CN3CCCC3)cc2)c2c(O)[nH]c3ccc([N+](=O)[O-])cc23)cc1. The lowest BCUT2D eigenvalue weighted by Gasteiger charge is -2.14. The zero-order chi connectivity index (χ0) is 27.4. The molecule has 0 aliphatic carbocycles. The Balaban J connectivity index is 1.53. The quantitative estimate of drug-likeness (QED) is 0.157. The third-order valence-electron chi connectivity index (χ3n) is 7.01. The minimum Gasteiger partial charge on any atom is -0.494 e. The normalized spacial score (nSPS) is 14.1. The minimum atomic E-state index is -0.451. The molecule has 1 aromatic heterocycles. The van der Waals surface area contributed by atoms with Crippen LogP contribution < -0.4 is 5.32 Å². The molecule has 1 fully saturated rings. The lowest BCUT2D eigenvalue weighted by atomic mass is 9.98. The number of benzene rings is 3. The maximum atomic E-state index is 11.5. The summed E-state index contributed by atoms with van der Waals surface area (Å²) in [6, 6.07) is 20.3. The number of aromatic amines is 1. The second-order valence-electron chi connectivity index (χ2n) is 9.88. The van der Waals surface area contributed by atoms with E-state index >= 15 is 0 Å². The van der Waals surface area contributed by atoms with Crippen molar-refractivity contribution in [3.63, 3.8) is 0 Å². The van der Waals surface area contributed by atoms with Crippen molar-refractivity contribution in [2.75, 3.05) is 19.6 Å². The largest absolute Gasteiger partial charge is 0.494 e. The van der Waals surface area contributed by atoms with E-state index in [1.165, 1.54) is 37.5 Å². The van der Waals surface area contributed by atoms with Crippen LogP contribution >= 0.6 is 0 Å². The average molecular weight is 526 g/mol. The standard InChI is InChI=1S/C30H31N5O4/c1-20(36)31-15-14-21-4-8-23(9-5-21)29(28-26-18-25(35(38)39)12-13-27(26)33-30(28)37)32-24-10-6-22(7-11-24)19-34-16-2-3-17-34/h4-13,18,33,37H,2-3,14-17,19H2,1H3,(H,31,36). The first-order valence-corrected chi connectivity index (χ1v) is 13.1. The first-order chi connectivity index (χ1) is 18.9. The van der Waals surface area contributed by atoms with Crippen LogP contribution in [0.5, 0.6) is 5.88 Å². The molecule has 9 nitrogen and oxygen atoms in total. The van der Waals surface area contributed by atoms with Gasteiger partial charge in [-0.15, -0.1) is 0 Å². The fraction of sp³-hybridized carbons (Fsp3) is 0.267. The van der Waals surface area contributed by atoms with Gasteiger partial charge in [0.1, 0.15) is 0 Å². The molecule has 3 N–H and O–H groups in total. The Kier molecular flexibility index (Phi) is 7.69. The zero-order valence-corrected chi connectivity index (χ0v) is 21.8. The van der Waals surface area contributed by atoms with Crippen LogP contribution in [0.4, 0.5) is 11.4 Å². The summed E-state index contributed by atoms with van der Waals surface area (Å²) in [6.45, 7) is 5.17. The second-order valence-corrected chi connectivity index (χ2v) is 9.88. The van der Waals surface area contributed by atoms with Crippen LogP contribution in [0, 0.1) is 10.1 Å². The molecule has 1 amide bonds. The molecule has 2 heterocycles. The van der Waals surface area contributed by atoms with Crippen molar-refractivity contribution < 1.29 is 14.8 Å². The first kappa shape index (κ1) is 26.1. The molecular formula is C30H31N5O4. The van der Waals surface area contributed by atoms with Gasteiger partial charge in [-0.2, -0.15) is 0 Å². The highest BCUT2D eigenvalue weighted by atomic mass is 16.6. The number of H-pyrrole nitrogens is 1. The molecule has 0 saturated carbocycles. The second kappa shape index (κ2) is 11.5. The number of amides is 1. The van der Waals surface area contributed by atoms with E-state index in [0.29, 0.717) is 40.8 Å². The number of aromatic hydroxyl groups is 1. The number of fused-ring (bicyclic) bond motifs is 1. The number of hydrogen-bond donors (Lipinski definition) is 3. The van der Waals surface area contributed by atoms with E-state index < -0.39 is 4.92 Å². The lowest BCUT2D eigenvalue weighted by Crippen LogP contribution is -2.22. The Morgan fingerprint density at radius 1 is 1.05 bits per heavy atom. The molecule has 39 heavy (non-hydrogen) atoms. The summed E-state index contributed by atoms with van der Waals surface area (Å²) in [4.78, 5) is 32.5. The molecule has 0 spiro atoms. The molecule has 9 heteroatoms. The van der Waals surface area contributed by atoms with Crippen LogP contribution in [0.2, 0.25) is 0 Å². The van der Waals surface area contributed by atoms with Gasteiger partial charge in [0.15, 0.2) is 5.88 Å². The molecule has 1 aliphatic heterocycles. The van der Waals surface area contributed by atoms with Crippen molar-refractivity contribution in [1.29, 1.82) is 0 Å². The van der Waals surface area contributed by atoms with Crippen molar-refractivity contribution in [2.45, 2.75) is 32.7 Å². The summed E-state index contributed by atoms with van der Waals surface area (Å²) in [5.74, 6) is -0.180. The Hall–Kier alpha value is -4.50. The highest BCUT2D eigenvalue weighted by Crippen LogP contribution is 2.34. The molecule has 4 aromatic rings. The van der Waals surface area contributed by atoms with E-state index in [9.17, 15) is 20.0 Å². The molecule has 200 valence electrons. The molecule has 1 saturated heterocycles. The van der Waals surface area contributed by atoms with Crippen molar-refractivity contribution in [2.24, 2.45) is 4.99 Å². The Bertz CT molecular complexity index is 1520. The predicted molar refractivity (Wildman–Crippen MR) is 152 cm³/mol. The molecule has 5 rings (SSSR count). The van der Waals surface area contributed by atoms with Crippen LogP contribution in [-0.2, 0) is 17.8 Å². The zero-order valence-electron chi connectivity index (χ0n) is 21.8. The van der Waals surface area contributed by atoms with Crippen LogP contribution in [-0.4, -0.2) is 51.2 Å². The third kappa shape index (κ3) is 6.15. The van der Waals surface area contributed by atoms with Crippen molar-refractivity contribution >= 4 is 33.9 Å². The Morgan fingerprint density at radius 2 is 1.74 bits per heavy atom. The number of rotatable bonds is 9. The number of nitrogens with one attached hydrogen (secondary N) is 2. The summed E-state index contributed by atoms with van der Waals surface area (Å²) in [6.07, 6.45) is 3.16. The van der Waals surface area contributed by atoms with Gasteiger partial charge in [-0.05, 0) is 61.7 Å². The number of aromatic nitrogens is 1. The molecule has 0 bridgehead atoms. The van der Waals surface area contributed by atoms with Crippen LogP contribution in [0.1, 0.15) is 42.0 Å². The van der Waals surface area contributed by atoms with E-state index in [4.69, 9.17) is 4.99 Å². The molecule has 3 aromatic carbocycles. The van der Waals surface area contributed by atoms with E-state index in [-0.39, 0.29) is 17.5 Å². The highest BCUT2D eigenvalue weighted by molar-refractivity contribution is 6.22. The van der Waals surface area contributed by atoms with Crippen LogP contribution in [0.3, 0.4) is 0 Å². The van der Waals surface area contributed by atoms with E-state index in [1.807, 2.05) is 36.4 Å². The molecule has 1 aliphatic rings. The fourth-order valence-electron chi connectivity index (χ4n) is 5.00. The topological polar surface area (TPSA) is 124 Å². The number of carbonyl (C=O) groups is 1. The van der Waals surface area contributed by atoms with Gasteiger partial charge in [-0.3, -0.25) is 19.8 Å². The molecular weight excluding hydrogens is 494 g/mol.